The van der Waals surface area contributed by atoms with Crippen LogP contribution in [0, 0.1) is 6.92 Å². The molecule has 1 heterocycles. The summed E-state index contributed by atoms with van der Waals surface area (Å²) in [7, 11) is 1.67. The quantitative estimate of drug-likeness (QED) is 0.873. The molecule has 0 atom stereocenters. The minimum absolute atomic E-state index is 0.129. The summed E-state index contributed by atoms with van der Waals surface area (Å²) in [6.45, 7) is 2.13. The highest BCUT2D eigenvalue weighted by molar-refractivity contribution is 5.99. The Bertz CT molecular complexity index is 745. The van der Waals surface area contributed by atoms with Gasteiger partial charge in [0.1, 0.15) is 0 Å². The summed E-state index contributed by atoms with van der Waals surface area (Å²) in [6.07, 6.45) is 2.27. The van der Waals surface area contributed by atoms with E-state index in [-0.39, 0.29) is 12.5 Å². The Morgan fingerprint density at radius 2 is 2.27 bits per heavy atom. The van der Waals surface area contributed by atoms with Crippen molar-refractivity contribution in [2.45, 2.75) is 32.4 Å². The van der Waals surface area contributed by atoms with Crippen LogP contribution in [0.3, 0.4) is 0 Å². The van der Waals surface area contributed by atoms with Crippen LogP contribution in [0.15, 0.2) is 27.5 Å². The van der Waals surface area contributed by atoms with Gasteiger partial charge in [0.25, 0.3) is 5.91 Å². The first-order valence-corrected chi connectivity index (χ1v) is 7.20. The maximum Gasteiger partial charge on any atom is 0.438 e. The first-order valence-electron chi connectivity index (χ1n) is 7.20. The number of hydrogen-bond donors (Lipinski definition) is 2. The van der Waals surface area contributed by atoms with Crippen LogP contribution in [-0.4, -0.2) is 34.0 Å². The Kier molecular flexibility index (Phi) is 3.70. The van der Waals surface area contributed by atoms with Gasteiger partial charge in [-0.3, -0.25) is 14.3 Å². The van der Waals surface area contributed by atoms with E-state index in [0.29, 0.717) is 17.4 Å². The largest absolute Gasteiger partial charge is 0.438 e. The molecule has 0 saturated heterocycles. The number of carbonyl (C=O) groups is 1. The molecule has 1 amide bonds. The molecule has 2 aromatic rings. The average molecular weight is 302 g/mol. The minimum Gasteiger partial charge on any atom is -0.382 e. The van der Waals surface area contributed by atoms with E-state index in [1.807, 2.05) is 25.1 Å². The van der Waals surface area contributed by atoms with Crippen molar-refractivity contribution in [3.05, 3.63) is 45.7 Å². The number of nitrogens with zero attached hydrogens (tertiary/aromatic N) is 2. The molecule has 7 nitrogen and oxygen atoms in total. The number of carbonyl (C=O) groups excluding carboxylic acids is 1. The zero-order chi connectivity index (χ0) is 15.7. The predicted molar refractivity (Wildman–Crippen MR) is 80.7 cm³/mol. The molecular weight excluding hydrogens is 284 g/mol. The number of benzene rings is 1. The van der Waals surface area contributed by atoms with Crippen LogP contribution in [0.25, 0.3) is 0 Å². The lowest BCUT2D eigenvalue weighted by atomic mass is 10.1. The van der Waals surface area contributed by atoms with Crippen LogP contribution in [-0.2, 0) is 6.54 Å². The molecule has 7 heteroatoms. The van der Waals surface area contributed by atoms with Crippen LogP contribution >= 0.6 is 0 Å². The van der Waals surface area contributed by atoms with Gasteiger partial charge in [-0.05, 0) is 31.9 Å². The molecule has 0 unspecified atom stereocenters. The third kappa shape index (κ3) is 3.19. The molecule has 0 spiro atoms. The van der Waals surface area contributed by atoms with Crippen LogP contribution in [0.2, 0.25) is 0 Å². The van der Waals surface area contributed by atoms with Gasteiger partial charge in [0.2, 0.25) is 0 Å². The van der Waals surface area contributed by atoms with Crippen molar-refractivity contribution in [2.24, 2.45) is 0 Å². The van der Waals surface area contributed by atoms with Crippen molar-refractivity contribution in [3.8, 4) is 0 Å². The SMILES string of the molecule is Cc1ccc(NC2CC2)c(C(=O)N(C)Cc2noc(=O)[nH]2)c1. The molecular formula is C15H18N4O3. The van der Waals surface area contributed by atoms with E-state index in [1.54, 1.807) is 7.05 Å². The van der Waals surface area contributed by atoms with Crippen molar-refractivity contribution in [1.82, 2.24) is 15.0 Å². The third-order valence-corrected chi connectivity index (χ3v) is 3.56. The Hall–Kier alpha value is -2.57. The van der Waals surface area contributed by atoms with Crippen LogP contribution in [0.5, 0.6) is 0 Å². The van der Waals surface area contributed by atoms with E-state index >= 15 is 0 Å². The number of hydrogen-bond acceptors (Lipinski definition) is 5. The van der Waals surface area contributed by atoms with E-state index in [4.69, 9.17) is 0 Å². The van der Waals surface area contributed by atoms with Crippen molar-refractivity contribution < 1.29 is 9.32 Å². The summed E-state index contributed by atoms with van der Waals surface area (Å²) < 4.78 is 4.44. The van der Waals surface area contributed by atoms with E-state index < -0.39 is 5.76 Å². The molecule has 0 aliphatic heterocycles. The van der Waals surface area contributed by atoms with Crippen LogP contribution < -0.4 is 11.1 Å². The lowest BCUT2D eigenvalue weighted by molar-refractivity contribution is 0.0781. The van der Waals surface area contributed by atoms with Gasteiger partial charge in [-0.1, -0.05) is 16.8 Å². The monoisotopic (exact) mass is 302 g/mol. The fourth-order valence-corrected chi connectivity index (χ4v) is 2.24. The standard InChI is InChI=1S/C15H18N4O3/c1-9-3-6-12(16-10-4-5-10)11(7-9)14(20)19(2)8-13-17-15(21)22-18-13/h3,6-7,10,16H,4-5,8H2,1-2H3,(H,17,18,21). The predicted octanol–water partition coefficient (Wildman–Crippen LogP) is 1.52. The second-order valence-corrected chi connectivity index (χ2v) is 5.67. The molecule has 2 N–H and O–H groups in total. The maximum absolute atomic E-state index is 12.7. The Balaban J connectivity index is 1.80. The Labute approximate surface area is 127 Å². The van der Waals surface area contributed by atoms with Gasteiger partial charge >= 0.3 is 5.76 Å². The molecule has 3 rings (SSSR count). The highest BCUT2D eigenvalue weighted by Crippen LogP contribution is 2.28. The number of anilines is 1. The molecule has 1 aliphatic rings. The summed E-state index contributed by atoms with van der Waals surface area (Å²) >= 11 is 0. The molecule has 1 saturated carbocycles. The number of aromatic amines is 1. The number of H-pyrrole nitrogens is 1. The first kappa shape index (κ1) is 14.4. The average Bonchev–Trinajstić information content (AvgIpc) is 3.21. The van der Waals surface area contributed by atoms with E-state index in [2.05, 4.69) is 20.0 Å². The second kappa shape index (κ2) is 5.67. The molecule has 1 aromatic heterocycles. The third-order valence-electron chi connectivity index (χ3n) is 3.56. The smallest absolute Gasteiger partial charge is 0.382 e. The van der Waals surface area contributed by atoms with Gasteiger partial charge in [0, 0.05) is 18.8 Å². The van der Waals surface area contributed by atoms with Gasteiger partial charge in [0.15, 0.2) is 5.82 Å². The molecule has 1 fully saturated rings. The summed E-state index contributed by atoms with van der Waals surface area (Å²) in [6, 6.07) is 6.25. The Morgan fingerprint density at radius 1 is 1.50 bits per heavy atom. The van der Waals surface area contributed by atoms with Gasteiger partial charge in [-0.2, -0.15) is 0 Å². The van der Waals surface area contributed by atoms with E-state index in [0.717, 1.165) is 24.1 Å². The summed E-state index contributed by atoms with van der Waals surface area (Å²) in [5.41, 5.74) is 2.49. The van der Waals surface area contributed by atoms with Crippen LogP contribution in [0.4, 0.5) is 5.69 Å². The molecule has 22 heavy (non-hydrogen) atoms. The molecule has 1 aliphatic carbocycles. The minimum atomic E-state index is -0.623. The zero-order valence-electron chi connectivity index (χ0n) is 12.5. The Morgan fingerprint density at radius 3 is 2.91 bits per heavy atom. The van der Waals surface area contributed by atoms with Crippen molar-refractivity contribution in [2.75, 3.05) is 12.4 Å². The summed E-state index contributed by atoms with van der Waals surface area (Å²) in [4.78, 5) is 27.5. The highest BCUT2D eigenvalue weighted by Gasteiger charge is 2.24. The molecule has 116 valence electrons. The normalized spacial score (nSPS) is 13.9. The number of aryl methyl sites for hydroxylation is 1. The first-order chi connectivity index (χ1) is 10.5. The zero-order valence-corrected chi connectivity index (χ0v) is 12.5. The fourth-order valence-electron chi connectivity index (χ4n) is 2.24. The summed E-state index contributed by atoms with van der Waals surface area (Å²) in [5.74, 6) is -0.427. The molecule has 1 aromatic carbocycles. The van der Waals surface area contributed by atoms with Gasteiger partial charge in [-0.15, -0.1) is 0 Å². The van der Waals surface area contributed by atoms with Crippen molar-refractivity contribution in [1.29, 1.82) is 0 Å². The fraction of sp³-hybridized carbons (Fsp3) is 0.400. The van der Waals surface area contributed by atoms with Gasteiger partial charge in [-0.25, -0.2) is 4.79 Å². The van der Waals surface area contributed by atoms with Crippen molar-refractivity contribution in [3.63, 3.8) is 0 Å². The number of aromatic nitrogens is 2. The number of amides is 1. The van der Waals surface area contributed by atoms with Crippen molar-refractivity contribution >= 4 is 11.6 Å². The van der Waals surface area contributed by atoms with Crippen LogP contribution in [0.1, 0.15) is 34.6 Å². The molecule has 0 radical (unpaired) electrons. The van der Waals surface area contributed by atoms with E-state index in [9.17, 15) is 9.59 Å². The summed E-state index contributed by atoms with van der Waals surface area (Å²) in [5, 5.41) is 6.95. The number of nitrogens with one attached hydrogen (secondary N) is 2. The topological polar surface area (TPSA) is 91.2 Å². The number of rotatable bonds is 5. The van der Waals surface area contributed by atoms with Gasteiger partial charge < -0.3 is 10.2 Å². The maximum atomic E-state index is 12.7. The highest BCUT2D eigenvalue weighted by atomic mass is 16.5. The lowest BCUT2D eigenvalue weighted by Crippen LogP contribution is -2.28. The van der Waals surface area contributed by atoms with E-state index in [1.165, 1.54) is 4.90 Å². The lowest BCUT2D eigenvalue weighted by Gasteiger charge is -2.18. The second-order valence-electron chi connectivity index (χ2n) is 5.67. The van der Waals surface area contributed by atoms with Gasteiger partial charge in [0.05, 0.1) is 12.1 Å². The molecule has 0 bridgehead atoms.